The van der Waals surface area contributed by atoms with Crippen LogP contribution < -0.4 is 10.6 Å². The van der Waals surface area contributed by atoms with Crippen LogP contribution in [0.4, 0.5) is 13.2 Å². The van der Waals surface area contributed by atoms with Crippen molar-refractivity contribution in [2.45, 2.75) is 133 Å². The van der Waals surface area contributed by atoms with Crippen molar-refractivity contribution in [3.05, 3.63) is 41.5 Å². The lowest BCUT2D eigenvalue weighted by molar-refractivity contribution is -0.235. The molecule has 0 aromatic heterocycles. The monoisotopic (exact) mass is 821 g/mol. The van der Waals surface area contributed by atoms with Crippen molar-refractivity contribution < 1.29 is 70.8 Å². The molecular weight excluding hydrogens is 771 g/mol. The smallest absolute Gasteiger partial charge is 0.422 e. The first kappa shape index (κ1) is 42.0. The fourth-order valence-electron chi connectivity index (χ4n) is 8.68. The Labute approximate surface area is 333 Å². The fraction of sp³-hybridized carbons (Fsp3) is 0.675. The van der Waals surface area contributed by atoms with Crippen molar-refractivity contribution in [2.75, 3.05) is 19.8 Å². The summed E-state index contributed by atoms with van der Waals surface area (Å²) >= 11 is 0. The van der Waals surface area contributed by atoms with Gasteiger partial charge in [0.1, 0.15) is 35.4 Å². The minimum atomic E-state index is -4.69. The van der Waals surface area contributed by atoms with Crippen molar-refractivity contribution in [1.82, 2.24) is 15.7 Å². The first-order valence-corrected chi connectivity index (χ1v) is 19.8. The summed E-state index contributed by atoms with van der Waals surface area (Å²) in [4.78, 5) is 72.5. The van der Waals surface area contributed by atoms with Crippen molar-refractivity contribution in [2.24, 2.45) is 17.3 Å². The highest BCUT2D eigenvalue weighted by atomic mass is 19.4. The lowest BCUT2D eigenvalue weighted by Gasteiger charge is -2.48. The minimum Gasteiger partial charge on any atom is -0.460 e. The molecule has 7 rings (SSSR count). The number of rotatable bonds is 16. The molecule has 6 aliphatic rings. The molecule has 15 nitrogen and oxygen atoms in total. The number of hydroxylamine groups is 2. The predicted octanol–water partition coefficient (Wildman–Crippen LogP) is 3.01. The van der Waals surface area contributed by atoms with Gasteiger partial charge in [0.05, 0.1) is 19.2 Å². The van der Waals surface area contributed by atoms with Crippen molar-refractivity contribution in [3.63, 3.8) is 0 Å². The van der Waals surface area contributed by atoms with Crippen LogP contribution in [0.15, 0.2) is 30.3 Å². The molecular formula is C40H50F3N3O12. The van der Waals surface area contributed by atoms with Gasteiger partial charge in [-0.15, -0.1) is 0 Å². The number of hydrogen-bond donors (Lipinski definition) is 3. The zero-order chi connectivity index (χ0) is 41.6. The summed E-state index contributed by atoms with van der Waals surface area (Å²) in [5.74, 6) is -3.99. The number of ether oxygens (including phenoxy) is 5. The Morgan fingerprint density at radius 3 is 2.38 bits per heavy atom. The number of benzene rings is 1. The van der Waals surface area contributed by atoms with E-state index in [1.807, 2.05) is 0 Å². The standard InChI is InChI=1S/C40H50F3N3O12/c1-37(2,3)55-30(50)15-13-26(20-47)45-28(48)16-17-44-36(52)38-18-27-31-32(57-40(56-31,24-9-10-24)25-11-12-25)34(38)58-46(33(38)35(51)54-27)19-23-7-5-4-6-22(23)8-14-29(49)53-21-39(41,42)43/h4-8,14,24-27,31-34,47H,9-13,15-21H2,1-3H3,(H,44,52)(H,45,48)/t26-,27+,31-,32-,33-,34+,38-/m0/s1. The summed E-state index contributed by atoms with van der Waals surface area (Å²) in [6.45, 7) is 2.82. The lowest BCUT2D eigenvalue weighted by Crippen LogP contribution is -2.69. The number of fused-ring (bicyclic) bond motifs is 4. The van der Waals surface area contributed by atoms with Gasteiger partial charge in [0.25, 0.3) is 0 Å². The Balaban J connectivity index is 1.09. The zero-order valence-electron chi connectivity index (χ0n) is 32.6. The first-order valence-electron chi connectivity index (χ1n) is 19.8. The van der Waals surface area contributed by atoms with Crippen molar-refractivity contribution in [1.29, 1.82) is 0 Å². The molecule has 3 N–H and O–H groups in total. The first-order chi connectivity index (χ1) is 27.4. The van der Waals surface area contributed by atoms with Crippen LogP contribution in [-0.4, -0.2) is 114 Å². The number of aliphatic hydroxyl groups excluding tert-OH is 1. The number of aliphatic hydroxyl groups is 1. The van der Waals surface area contributed by atoms with Crippen LogP contribution in [0.2, 0.25) is 0 Å². The largest absolute Gasteiger partial charge is 0.460 e. The average Bonchev–Trinajstić information content (AvgIpc) is 4.10. The number of hydrogen-bond acceptors (Lipinski definition) is 13. The summed E-state index contributed by atoms with van der Waals surface area (Å²) < 4.78 is 67.1. The van der Waals surface area contributed by atoms with Crippen LogP contribution in [0.3, 0.4) is 0 Å². The molecule has 2 bridgehead atoms. The van der Waals surface area contributed by atoms with Crippen molar-refractivity contribution in [3.8, 4) is 0 Å². The van der Waals surface area contributed by atoms with Gasteiger partial charge in [-0.1, -0.05) is 24.3 Å². The Kier molecular flexibility index (Phi) is 11.7. The number of esters is 3. The number of amides is 2. The highest BCUT2D eigenvalue weighted by Crippen LogP contribution is 2.63. The maximum atomic E-state index is 14.6. The molecule has 0 radical (unpaired) electrons. The Hall–Kier alpha value is -4.10. The molecule has 3 saturated carbocycles. The Morgan fingerprint density at radius 2 is 1.72 bits per heavy atom. The highest BCUT2D eigenvalue weighted by Gasteiger charge is 2.78. The predicted molar refractivity (Wildman–Crippen MR) is 193 cm³/mol. The van der Waals surface area contributed by atoms with Crippen LogP contribution in [0.5, 0.6) is 0 Å². The van der Waals surface area contributed by atoms with Gasteiger partial charge >= 0.3 is 24.1 Å². The molecule has 318 valence electrons. The summed E-state index contributed by atoms with van der Waals surface area (Å²) in [6, 6.07) is 4.67. The van der Waals surface area contributed by atoms with E-state index in [1.54, 1.807) is 45.0 Å². The Morgan fingerprint density at radius 1 is 1.03 bits per heavy atom. The van der Waals surface area contributed by atoms with Gasteiger partial charge in [-0.3, -0.25) is 24.0 Å². The maximum Gasteiger partial charge on any atom is 0.422 e. The van der Waals surface area contributed by atoms with Gasteiger partial charge in [0.2, 0.25) is 11.8 Å². The average molecular weight is 822 g/mol. The molecule has 1 aromatic carbocycles. The molecule has 3 aliphatic heterocycles. The summed E-state index contributed by atoms with van der Waals surface area (Å²) in [5, 5.41) is 16.7. The van der Waals surface area contributed by atoms with E-state index in [1.165, 1.54) is 11.1 Å². The molecule has 3 saturated heterocycles. The van der Waals surface area contributed by atoms with E-state index in [-0.39, 0.29) is 50.6 Å². The molecule has 7 atom stereocenters. The number of carbonyl (C=O) groups excluding carboxylic acids is 5. The van der Waals surface area contributed by atoms with Crippen LogP contribution in [0.25, 0.3) is 6.08 Å². The van der Waals surface area contributed by atoms with Gasteiger partial charge in [0, 0.05) is 43.7 Å². The normalized spacial score (nSPS) is 29.4. The van der Waals surface area contributed by atoms with E-state index >= 15 is 0 Å². The molecule has 2 amide bonds. The van der Waals surface area contributed by atoms with Gasteiger partial charge in [-0.25, -0.2) is 4.79 Å². The number of carbonyl (C=O) groups is 5. The third-order valence-corrected chi connectivity index (χ3v) is 11.4. The van der Waals surface area contributed by atoms with E-state index in [4.69, 9.17) is 23.8 Å². The van der Waals surface area contributed by atoms with E-state index in [9.17, 15) is 42.3 Å². The number of nitrogens with zero attached hydrogens (tertiary/aromatic N) is 1. The molecule has 0 unspecified atom stereocenters. The second-order valence-electron chi connectivity index (χ2n) is 17.0. The quantitative estimate of drug-likeness (QED) is 0.126. The fourth-order valence-corrected chi connectivity index (χ4v) is 8.68. The minimum absolute atomic E-state index is 0.0233. The van der Waals surface area contributed by atoms with Gasteiger partial charge < -0.3 is 39.4 Å². The second-order valence-corrected chi connectivity index (χ2v) is 17.0. The molecule has 1 aromatic rings. The molecule has 3 aliphatic carbocycles. The summed E-state index contributed by atoms with van der Waals surface area (Å²) in [7, 11) is 0. The van der Waals surface area contributed by atoms with Gasteiger partial charge in [-0.2, -0.15) is 18.2 Å². The number of halogens is 3. The van der Waals surface area contributed by atoms with Gasteiger partial charge in [0.15, 0.2) is 18.4 Å². The highest BCUT2D eigenvalue weighted by molar-refractivity contribution is 5.94. The summed E-state index contributed by atoms with van der Waals surface area (Å²) in [5.41, 5.74) is -1.29. The maximum absolute atomic E-state index is 14.6. The Bertz CT molecular complexity index is 1780. The van der Waals surface area contributed by atoms with Crippen LogP contribution in [0.1, 0.15) is 83.3 Å². The lowest BCUT2D eigenvalue weighted by atomic mass is 9.62. The molecule has 6 fully saturated rings. The van der Waals surface area contributed by atoms with Crippen LogP contribution in [0, 0.1) is 17.3 Å². The molecule has 3 heterocycles. The van der Waals surface area contributed by atoms with E-state index < -0.39 is 102 Å². The molecule has 18 heteroatoms. The van der Waals surface area contributed by atoms with Gasteiger partial charge in [-0.05, 0) is 70.1 Å². The van der Waals surface area contributed by atoms with E-state index in [2.05, 4.69) is 15.4 Å². The second kappa shape index (κ2) is 16.2. The zero-order valence-corrected chi connectivity index (χ0v) is 32.6. The third kappa shape index (κ3) is 8.90. The summed E-state index contributed by atoms with van der Waals surface area (Å²) in [6.07, 6.45) is -2.19. The number of alkyl halides is 3. The van der Waals surface area contributed by atoms with Crippen LogP contribution >= 0.6 is 0 Å². The molecule has 0 spiro atoms. The number of nitrogens with one attached hydrogen (secondary N) is 2. The van der Waals surface area contributed by atoms with Crippen molar-refractivity contribution >= 4 is 35.8 Å². The third-order valence-electron chi connectivity index (χ3n) is 11.4. The topological polar surface area (TPSA) is 188 Å². The van der Waals surface area contributed by atoms with E-state index in [0.717, 1.165) is 31.8 Å². The van der Waals surface area contributed by atoms with E-state index in [0.29, 0.717) is 11.1 Å². The molecule has 58 heavy (non-hydrogen) atoms. The SMILES string of the molecule is CC(C)(C)OC(=O)CC[C@@H](CO)NC(=O)CCNC(=O)[C@@]12C[C@H]3OC(=O)[C@@H]1N(Cc1ccccc1C=CC(=O)OCC(F)(F)F)O[C@@H]2[C@H]1OC(C2CC2)(C2CC2)O[C@H]13. The van der Waals surface area contributed by atoms with Crippen LogP contribution in [-0.2, 0) is 59.0 Å².